The van der Waals surface area contributed by atoms with Crippen LogP contribution in [0.4, 0.5) is 0 Å². The summed E-state index contributed by atoms with van der Waals surface area (Å²) in [5.41, 5.74) is -0.748. The Labute approximate surface area is 187 Å². The minimum atomic E-state index is -2.78. The van der Waals surface area contributed by atoms with Crippen LogP contribution in [-0.2, 0) is 9.16 Å². The number of hydrogen-bond donors (Lipinski definition) is 2. The van der Waals surface area contributed by atoms with Crippen molar-refractivity contribution in [2.75, 3.05) is 6.61 Å². The van der Waals surface area contributed by atoms with Crippen LogP contribution in [0, 0.1) is 17.8 Å². The predicted octanol–water partition coefficient (Wildman–Crippen LogP) is 2.71. The monoisotopic (exact) mass is 438 g/mol. The number of ether oxygens (including phenoxy) is 1. The third kappa shape index (κ3) is 4.24. The standard InChI is InChI=1S/C26H34O4Si/c1-7-22-26(5,6)24(28)23(27)21(30-22)18-29-31(25(2,3)4,19-14-10-8-11-15-19)20-16-12-9-13-17-20/h1,8-17,21-24,27-28H,18H2,2-6H3/t21-,22-,23+,24-/m1/s1. The van der Waals surface area contributed by atoms with Gasteiger partial charge in [-0.15, -0.1) is 6.42 Å². The molecule has 0 bridgehead atoms. The van der Waals surface area contributed by atoms with E-state index in [0.29, 0.717) is 0 Å². The topological polar surface area (TPSA) is 58.9 Å². The van der Waals surface area contributed by atoms with Gasteiger partial charge in [-0.3, -0.25) is 0 Å². The molecule has 0 aromatic heterocycles. The van der Waals surface area contributed by atoms with Gasteiger partial charge in [0.1, 0.15) is 18.3 Å². The van der Waals surface area contributed by atoms with Gasteiger partial charge in [0.25, 0.3) is 8.32 Å². The highest BCUT2D eigenvalue weighted by molar-refractivity contribution is 6.99. The van der Waals surface area contributed by atoms with E-state index in [1.807, 2.05) is 50.2 Å². The average molecular weight is 439 g/mol. The number of benzene rings is 2. The zero-order chi connectivity index (χ0) is 22.9. The minimum absolute atomic E-state index is 0.139. The third-order valence-corrected chi connectivity index (χ3v) is 11.5. The molecule has 1 aliphatic rings. The van der Waals surface area contributed by atoms with Crippen LogP contribution in [0.1, 0.15) is 34.6 Å². The molecule has 31 heavy (non-hydrogen) atoms. The smallest absolute Gasteiger partial charge is 0.261 e. The van der Waals surface area contributed by atoms with Gasteiger partial charge in [-0.1, -0.05) is 101 Å². The quantitative estimate of drug-likeness (QED) is 0.557. The molecule has 0 unspecified atom stereocenters. The fraction of sp³-hybridized carbons (Fsp3) is 0.462. The van der Waals surface area contributed by atoms with Crippen LogP contribution in [0.2, 0.25) is 5.04 Å². The van der Waals surface area contributed by atoms with Gasteiger partial charge in [0, 0.05) is 5.41 Å². The summed E-state index contributed by atoms with van der Waals surface area (Å²) in [6.07, 6.45) is 2.26. The van der Waals surface area contributed by atoms with Crippen molar-refractivity contribution in [1.29, 1.82) is 0 Å². The second kappa shape index (κ2) is 8.89. The highest BCUT2D eigenvalue weighted by atomic mass is 28.4. The van der Waals surface area contributed by atoms with Crippen LogP contribution in [0.25, 0.3) is 0 Å². The molecule has 4 atom stereocenters. The SMILES string of the molecule is C#C[C@H]1O[C@H](CO[Si](c2ccccc2)(c2ccccc2)C(C)(C)C)[C@H](O)[C@@H](O)C1(C)C. The highest BCUT2D eigenvalue weighted by Gasteiger charge is 2.53. The molecule has 0 spiro atoms. The molecule has 4 nitrogen and oxygen atoms in total. The predicted molar refractivity (Wildman–Crippen MR) is 127 cm³/mol. The summed E-state index contributed by atoms with van der Waals surface area (Å²) in [5, 5.41) is 23.6. The second-order valence-corrected chi connectivity index (χ2v) is 14.3. The Balaban J connectivity index is 2.02. The first-order chi connectivity index (χ1) is 14.6. The van der Waals surface area contributed by atoms with E-state index in [1.54, 1.807) is 0 Å². The molecule has 1 aliphatic heterocycles. The number of hydrogen-bond acceptors (Lipinski definition) is 4. The molecule has 2 aromatic carbocycles. The summed E-state index contributed by atoms with van der Waals surface area (Å²) in [6.45, 7) is 10.3. The van der Waals surface area contributed by atoms with Gasteiger partial charge in [0.15, 0.2) is 0 Å². The zero-order valence-electron chi connectivity index (χ0n) is 19.1. The van der Waals surface area contributed by atoms with Gasteiger partial charge in [-0.25, -0.2) is 0 Å². The van der Waals surface area contributed by atoms with Gasteiger partial charge in [-0.2, -0.15) is 0 Å². The van der Waals surface area contributed by atoms with E-state index in [9.17, 15) is 10.2 Å². The van der Waals surface area contributed by atoms with Crippen molar-refractivity contribution in [3.05, 3.63) is 60.7 Å². The van der Waals surface area contributed by atoms with Crippen molar-refractivity contribution in [2.24, 2.45) is 5.41 Å². The fourth-order valence-electron chi connectivity index (χ4n) is 4.59. The molecule has 1 saturated heterocycles. The molecule has 3 rings (SSSR count). The van der Waals surface area contributed by atoms with Crippen molar-refractivity contribution in [3.63, 3.8) is 0 Å². The molecule has 2 aromatic rings. The van der Waals surface area contributed by atoms with E-state index in [4.69, 9.17) is 15.6 Å². The van der Waals surface area contributed by atoms with E-state index in [2.05, 4.69) is 51.0 Å². The number of terminal acetylenes is 1. The Morgan fingerprint density at radius 3 is 1.90 bits per heavy atom. The summed E-state index contributed by atoms with van der Waals surface area (Å²) >= 11 is 0. The van der Waals surface area contributed by atoms with E-state index in [1.165, 1.54) is 0 Å². The van der Waals surface area contributed by atoms with Crippen molar-refractivity contribution < 1.29 is 19.4 Å². The van der Waals surface area contributed by atoms with Gasteiger partial charge in [-0.05, 0) is 15.4 Å². The van der Waals surface area contributed by atoms with E-state index in [0.717, 1.165) is 10.4 Å². The molecule has 1 fully saturated rings. The normalized spacial score (nSPS) is 26.3. The average Bonchev–Trinajstić information content (AvgIpc) is 2.74. The Morgan fingerprint density at radius 2 is 1.48 bits per heavy atom. The van der Waals surface area contributed by atoms with Crippen LogP contribution >= 0.6 is 0 Å². The second-order valence-electron chi connectivity index (χ2n) is 9.95. The largest absolute Gasteiger partial charge is 0.405 e. The van der Waals surface area contributed by atoms with E-state index >= 15 is 0 Å². The third-order valence-electron chi connectivity index (χ3n) is 6.49. The van der Waals surface area contributed by atoms with Crippen molar-refractivity contribution in [3.8, 4) is 12.3 Å². The lowest BCUT2D eigenvalue weighted by Gasteiger charge is -2.48. The molecule has 5 heteroatoms. The van der Waals surface area contributed by atoms with Crippen LogP contribution < -0.4 is 10.4 Å². The summed E-state index contributed by atoms with van der Waals surface area (Å²) in [6, 6.07) is 20.6. The van der Waals surface area contributed by atoms with Gasteiger partial charge in [0.2, 0.25) is 0 Å². The van der Waals surface area contributed by atoms with Gasteiger partial charge < -0.3 is 19.4 Å². The van der Waals surface area contributed by atoms with Crippen molar-refractivity contribution in [1.82, 2.24) is 0 Å². The Kier molecular flexibility index (Phi) is 6.80. The number of rotatable bonds is 5. The lowest BCUT2D eigenvalue weighted by atomic mass is 9.75. The molecular formula is C26H34O4Si. The van der Waals surface area contributed by atoms with Crippen molar-refractivity contribution >= 4 is 18.7 Å². The summed E-state index contributed by atoms with van der Waals surface area (Å²) < 4.78 is 12.9. The lowest BCUT2D eigenvalue weighted by molar-refractivity contribution is -0.220. The lowest BCUT2D eigenvalue weighted by Crippen LogP contribution is -2.68. The zero-order valence-corrected chi connectivity index (χ0v) is 20.1. The molecular weight excluding hydrogens is 404 g/mol. The Hall–Kier alpha value is -1.94. The van der Waals surface area contributed by atoms with Crippen LogP contribution in [0.3, 0.4) is 0 Å². The molecule has 0 saturated carbocycles. The molecule has 1 heterocycles. The number of aliphatic hydroxyl groups is 2. The maximum absolute atomic E-state index is 10.8. The van der Waals surface area contributed by atoms with Gasteiger partial charge >= 0.3 is 0 Å². The Morgan fingerprint density at radius 1 is 1.00 bits per heavy atom. The first-order valence-corrected chi connectivity index (χ1v) is 12.7. The Bertz CT molecular complexity index is 859. The number of aliphatic hydroxyl groups excluding tert-OH is 2. The van der Waals surface area contributed by atoms with E-state index in [-0.39, 0.29) is 11.6 Å². The summed E-state index contributed by atoms with van der Waals surface area (Å²) in [5.74, 6) is 2.63. The maximum atomic E-state index is 10.8. The molecule has 0 aliphatic carbocycles. The molecule has 166 valence electrons. The first-order valence-electron chi connectivity index (χ1n) is 10.8. The van der Waals surface area contributed by atoms with Crippen LogP contribution in [0.5, 0.6) is 0 Å². The summed E-state index contributed by atoms with van der Waals surface area (Å²) in [4.78, 5) is 0. The maximum Gasteiger partial charge on any atom is 0.261 e. The minimum Gasteiger partial charge on any atom is -0.405 e. The van der Waals surface area contributed by atoms with Gasteiger partial charge in [0.05, 0.1) is 12.7 Å². The van der Waals surface area contributed by atoms with Crippen LogP contribution in [-0.4, -0.2) is 49.6 Å². The fourth-order valence-corrected chi connectivity index (χ4v) is 9.16. The molecule has 0 radical (unpaired) electrons. The van der Waals surface area contributed by atoms with Crippen molar-refractivity contribution in [2.45, 2.75) is 64.1 Å². The van der Waals surface area contributed by atoms with E-state index < -0.39 is 38.1 Å². The highest BCUT2D eigenvalue weighted by Crippen LogP contribution is 2.39. The molecule has 0 amide bonds. The summed E-state index contributed by atoms with van der Waals surface area (Å²) in [7, 11) is -2.78. The van der Waals surface area contributed by atoms with Crippen LogP contribution in [0.15, 0.2) is 60.7 Å². The molecule has 2 N–H and O–H groups in total. The first kappa shape index (κ1) is 23.7.